The van der Waals surface area contributed by atoms with Crippen LogP contribution >= 0.6 is 0 Å². The SMILES string of the molecule is CC(=O)N[C@@H](CCC(=O)O)C(=O)N[C@H](C(=O)N[C@@H](CC(N)=O)C(=O)N[C@@H](CC(C)C)C(O)C(C)Nc1ccc(C)cc1)C(C)C. The molecule has 0 fully saturated rings. The summed E-state index contributed by atoms with van der Waals surface area (Å²) < 4.78 is 0. The number of hydrogen-bond acceptors (Lipinski definition) is 8. The Morgan fingerprint density at radius 2 is 1.40 bits per heavy atom. The highest BCUT2D eigenvalue weighted by atomic mass is 16.4. The van der Waals surface area contributed by atoms with E-state index in [1.54, 1.807) is 20.8 Å². The number of aryl methyl sites for hydroxylation is 1. The summed E-state index contributed by atoms with van der Waals surface area (Å²) in [5, 5.41) is 33.6. The number of aliphatic carboxylic acids is 1. The maximum atomic E-state index is 13.5. The molecule has 252 valence electrons. The third-order valence-electron chi connectivity index (χ3n) is 7.05. The van der Waals surface area contributed by atoms with Crippen LogP contribution in [-0.2, 0) is 28.8 Å². The zero-order chi connectivity index (χ0) is 34.4. The molecule has 1 aromatic carbocycles. The number of primary amides is 1. The Morgan fingerprint density at radius 1 is 0.822 bits per heavy atom. The highest BCUT2D eigenvalue weighted by Gasteiger charge is 2.34. The van der Waals surface area contributed by atoms with Crippen LogP contribution in [0.5, 0.6) is 0 Å². The second kappa shape index (κ2) is 18.6. The average Bonchev–Trinajstić information content (AvgIpc) is 2.92. The number of aliphatic hydroxyl groups is 1. The lowest BCUT2D eigenvalue weighted by molar-refractivity contribution is -0.138. The monoisotopic (exact) mass is 634 g/mol. The van der Waals surface area contributed by atoms with Crippen molar-refractivity contribution < 1.29 is 39.0 Å². The first-order valence-corrected chi connectivity index (χ1v) is 15.1. The number of benzene rings is 1. The lowest BCUT2D eigenvalue weighted by atomic mass is 9.94. The Morgan fingerprint density at radius 3 is 1.89 bits per heavy atom. The Bertz CT molecular complexity index is 1170. The van der Waals surface area contributed by atoms with Crippen molar-refractivity contribution in [1.82, 2.24) is 21.3 Å². The van der Waals surface area contributed by atoms with E-state index in [0.29, 0.717) is 6.42 Å². The van der Waals surface area contributed by atoms with Crippen LogP contribution in [0.25, 0.3) is 0 Å². The van der Waals surface area contributed by atoms with Gasteiger partial charge < -0.3 is 42.5 Å². The van der Waals surface area contributed by atoms with Crippen LogP contribution in [0, 0.1) is 18.8 Å². The molecule has 5 amide bonds. The normalized spacial score (nSPS) is 15.2. The largest absolute Gasteiger partial charge is 0.481 e. The topological polar surface area (TPSA) is 229 Å². The van der Waals surface area contributed by atoms with Gasteiger partial charge in [-0.3, -0.25) is 28.8 Å². The van der Waals surface area contributed by atoms with Crippen LogP contribution in [0.4, 0.5) is 5.69 Å². The number of carbonyl (C=O) groups is 6. The number of anilines is 1. The lowest BCUT2D eigenvalue weighted by Gasteiger charge is -2.32. The summed E-state index contributed by atoms with van der Waals surface area (Å²) in [6.07, 6.45) is -1.83. The van der Waals surface area contributed by atoms with Gasteiger partial charge in [-0.25, -0.2) is 0 Å². The lowest BCUT2D eigenvalue weighted by Crippen LogP contribution is -2.60. The molecule has 0 aromatic heterocycles. The first kappa shape index (κ1) is 38.8. The van der Waals surface area contributed by atoms with E-state index < -0.39 is 90.6 Å². The third kappa shape index (κ3) is 14.4. The molecule has 14 nitrogen and oxygen atoms in total. The predicted octanol–water partition coefficient (Wildman–Crippen LogP) is 0.558. The molecule has 0 bridgehead atoms. The molecule has 6 atom stereocenters. The number of rotatable bonds is 19. The fourth-order valence-electron chi connectivity index (χ4n) is 4.66. The number of carbonyl (C=O) groups excluding carboxylic acids is 5. The summed E-state index contributed by atoms with van der Waals surface area (Å²) in [7, 11) is 0. The number of amides is 5. The number of aliphatic hydroxyl groups excluding tert-OH is 1. The zero-order valence-electron chi connectivity index (χ0n) is 27.2. The molecule has 0 saturated heterocycles. The molecular weight excluding hydrogens is 584 g/mol. The summed E-state index contributed by atoms with van der Waals surface area (Å²) in [6.45, 7) is 12.0. The minimum absolute atomic E-state index is 0.0684. The number of nitrogens with two attached hydrogens (primary N) is 1. The standard InChI is InChI=1S/C31H50N6O8/c1-16(2)14-23(28(42)19(6)33-21-10-8-18(5)9-11-21)35-30(44)24(15-25(32)39)36-31(45)27(17(3)4)37-29(43)22(34-20(7)38)12-13-26(40)41/h8-11,16-17,19,22-24,27-28,33,42H,12-15H2,1-7H3,(H2,32,39)(H,34,38)(H,35,44)(H,36,45)(H,37,43)(H,40,41)/t19?,22-,23-,24-,27-,28?/m0/s1. The van der Waals surface area contributed by atoms with Crippen molar-refractivity contribution >= 4 is 41.2 Å². The van der Waals surface area contributed by atoms with Crippen LogP contribution in [0.1, 0.15) is 72.8 Å². The van der Waals surface area contributed by atoms with Crippen molar-refractivity contribution in [2.24, 2.45) is 17.6 Å². The maximum absolute atomic E-state index is 13.5. The maximum Gasteiger partial charge on any atom is 0.303 e. The molecule has 0 aliphatic rings. The zero-order valence-corrected chi connectivity index (χ0v) is 27.2. The average molecular weight is 635 g/mol. The molecule has 2 unspecified atom stereocenters. The van der Waals surface area contributed by atoms with Gasteiger partial charge in [-0.15, -0.1) is 0 Å². The Labute approximate surface area is 264 Å². The van der Waals surface area contributed by atoms with E-state index in [2.05, 4.69) is 26.6 Å². The number of carboxylic acids is 1. The summed E-state index contributed by atoms with van der Waals surface area (Å²) in [6, 6.07) is 2.51. The minimum atomic E-state index is -1.42. The van der Waals surface area contributed by atoms with Gasteiger partial charge in [0.15, 0.2) is 0 Å². The molecule has 9 N–H and O–H groups in total. The fourth-order valence-corrected chi connectivity index (χ4v) is 4.66. The van der Waals surface area contributed by atoms with Gasteiger partial charge in [0, 0.05) is 19.0 Å². The Hall–Kier alpha value is -4.20. The van der Waals surface area contributed by atoms with Crippen LogP contribution in [-0.4, -0.2) is 82.0 Å². The quantitative estimate of drug-likeness (QED) is 0.106. The molecular formula is C31H50N6O8. The van der Waals surface area contributed by atoms with E-state index in [-0.39, 0.29) is 12.3 Å². The van der Waals surface area contributed by atoms with E-state index in [9.17, 15) is 33.9 Å². The van der Waals surface area contributed by atoms with E-state index >= 15 is 0 Å². The van der Waals surface area contributed by atoms with Gasteiger partial charge in [0.25, 0.3) is 0 Å². The van der Waals surface area contributed by atoms with Crippen LogP contribution in [0.15, 0.2) is 24.3 Å². The van der Waals surface area contributed by atoms with Gasteiger partial charge >= 0.3 is 5.97 Å². The molecule has 14 heteroatoms. The summed E-state index contributed by atoms with van der Waals surface area (Å²) in [4.78, 5) is 74.3. The van der Waals surface area contributed by atoms with Crippen molar-refractivity contribution in [3.05, 3.63) is 29.8 Å². The van der Waals surface area contributed by atoms with Crippen molar-refractivity contribution in [2.45, 2.75) is 110 Å². The molecule has 45 heavy (non-hydrogen) atoms. The number of nitrogens with one attached hydrogen (secondary N) is 5. The van der Waals surface area contributed by atoms with E-state index in [0.717, 1.165) is 11.3 Å². The molecule has 0 saturated carbocycles. The summed E-state index contributed by atoms with van der Waals surface area (Å²) in [5.74, 6) is -5.37. The molecule has 1 aromatic rings. The first-order chi connectivity index (χ1) is 20.9. The smallest absolute Gasteiger partial charge is 0.303 e. The highest BCUT2D eigenvalue weighted by molar-refractivity contribution is 5.96. The van der Waals surface area contributed by atoms with Crippen LogP contribution in [0.2, 0.25) is 0 Å². The van der Waals surface area contributed by atoms with Gasteiger partial charge in [-0.2, -0.15) is 0 Å². The molecule has 1 rings (SSSR count). The van der Waals surface area contributed by atoms with E-state index in [1.807, 2.05) is 45.0 Å². The van der Waals surface area contributed by atoms with Crippen molar-refractivity contribution in [3.63, 3.8) is 0 Å². The third-order valence-corrected chi connectivity index (χ3v) is 7.05. The van der Waals surface area contributed by atoms with Gasteiger partial charge in [0.1, 0.15) is 18.1 Å². The Balaban J connectivity index is 3.13. The van der Waals surface area contributed by atoms with Crippen molar-refractivity contribution in [2.75, 3.05) is 5.32 Å². The van der Waals surface area contributed by atoms with E-state index in [1.165, 1.54) is 6.92 Å². The number of hydrogen-bond donors (Lipinski definition) is 8. The molecule has 0 radical (unpaired) electrons. The van der Waals surface area contributed by atoms with Crippen LogP contribution < -0.4 is 32.3 Å². The predicted molar refractivity (Wildman–Crippen MR) is 169 cm³/mol. The molecule has 0 spiro atoms. The molecule has 0 aliphatic carbocycles. The minimum Gasteiger partial charge on any atom is -0.481 e. The van der Waals surface area contributed by atoms with Crippen molar-refractivity contribution in [1.29, 1.82) is 0 Å². The van der Waals surface area contributed by atoms with Gasteiger partial charge in [0.2, 0.25) is 29.5 Å². The molecule has 0 heterocycles. The summed E-state index contributed by atoms with van der Waals surface area (Å²) in [5.41, 5.74) is 7.25. The van der Waals surface area contributed by atoms with Gasteiger partial charge in [0.05, 0.1) is 24.6 Å². The first-order valence-electron chi connectivity index (χ1n) is 15.1. The van der Waals surface area contributed by atoms with Crippen molar-refractivity contribution in [3.8, 4) is 0 Å². The Kier molecular flexibility index (Phi) is 16.0. The van der Waals surface area contributed by atoms with E-state index in [4.69, 9.17) is 10.8 Å². The second-order valence-electron chi connectivity index (χ2n) is 12.2. The fraction of sp³-hybridized carbons (Fsp3) is 0.613. The van der Waals surface area contributed by atoms with Gasteiger partial charge in [-0.05, 0) is 50.7 Å². The van der Waals surface area contributed by atoms with Gasteiger partial charge in [-0.1, -0.05) is 45.4 Å². The second-order valence-corrected chi connectivity index (χ2v) is 12.2. The van der Waals surface area contributed by atoms with Crippen LogP contribution in [0.3, 0.4) is 0 Å². The molecule has 0 aliphatic heterocycles. The number of carboxylic acid groups (broad SMARTS) is 1. The summed E-state index contributed by atoms with van der Waals surface area (Å²) >= 11 is 0. The highest BCUT2D eigenvalue weighted by Crippen LogP contribution is 2.17.